The van der Waals surface area contributed by atoms with E-state index in [9.17, 15) is 0 Å². The fourth-order valence-corrected chi connectivity index (χ4v) is 3.67. The van der Waals surface area contributed by atoms with Crippen LogP contribution in [0.4, 0.5) is 0 Å². The monoisotopic (exact) mass is 376 g/mol. The van der Waals surface area contributed by atoms with Crippen molar-refractivity contribution >= 4 is 35.5 Å². The minimum absolute atomic E-state index is 0.709. The van der Waals surface area contributed by atoms with Crippen molar-refractivity contribution in [2.45, 2.75) is 0 Å². The van der Waals surface area contributed by atoms with Gasteiger partial charge in [-0.2, -0.15) is 0 Å². The van der Waals surface area contributed by atoms with Gasteiger partial charge in [0.05, 0.1) is 46.3 Å². The molecule has 5 aliphatic rings. The molecule has 2 N–H and O–H groups in total. The van der Waals surface area contributed by atoms with Gasteiger partial charge in [-0.25, -0.2) is 20.0 Å². The lowest BCUT2D eigenvalue weighted by Crippen LogP contribution is -2.17. The molecular weight excluding hydrogens is 360 g/mol. The van der Waals surface area contributed by atoms with Gasteiger partial charge in [0.2, 0.25) is 0 Å². The SMILES string of the molecule is C1=CC2=NC1=Cc1ccc([nH]1)C=C1C=CC(=N1)C(=C1N=CCN1)C1=NC(=C2)C=C1. The van der Waals surface area contributed by atoms with Gasteiger partial charge in [-0.15, -0.1) is 0 Å². The van der Waals surface area contributed by atoms with Gasteiger partial charge in [-0.1, -0.05) is 0 Å². The van der Waals surface area contributed by atoms with Crippen LogP contribution in [-0.4, -0.2) is 34.9 Å². The normalized spacial score (nSPS) is 23.6. The van der Waals surface area contributed by atoms with Crippen LogP contribution in [-0.2, 0) is 0 Å². The van der Waals surface area contributed by atoms with Crippen molar-refractivity contribution in [3.63, 3.8) is 0 Å². The molecular formula is C23H16N6. The summed E-state index contributed by atoms with van der Waals surface area (Å²) in [5, 5.41) is 3.31. The number of nitrogens with zero attached hydrogens (tertiary/aromatic N) is 4. The Hall–Kier alpha value is -4.06. The highest BCUT2D eigenvalue weighted by Gasteiger charge is 2.23. The van der Waals surface area contributed by atoms with Crippen molar-refractivity contribution in [2.24, 2.45) is 20.0 Å². The molecule has 0 saturated carbocycles. The third-order valence-corrected chi connectivity index (χ3v) is 4.97. The van der Waals surface area contributed by atoms with Crippen molar-refractivity contribution in [3.8, 4) is 0 Å². The lowest BCUT2D eigenvalue weighted by Gasteiger charge is -2.08. The van der Waals surface area contributed by atoms with Crippen LogP contribution >= 0.6 is 0 Å². The number of aromatic nitrogens is 1. The number of rotatable bonds is 0. The number of fused-ring (bicyclic) bond motifs is 5. The van der Waals surface area contributed by atoms with Gasteiger partial charge in [0.1, 0.15) is 5.82 Å². The minimum Gasteiger partial charge on any atom is -0.364 e. The maximum Gasteiger partial charge on any atom is 0.137 e. The van der Waals surface area contributed by atoms with E-state index in [1.807, 2.05) is 73.0 Å². The van der Waals surface area contributed by atoms with E-state index in [4.69, 9.17) is 9.98 Å². The number of allylic oxidation sites excluding steroid dienone is 8. The van der Waals surface area contributed by atoms with E-state index in [1.165, 1.54) is 0 Å². The van der Waals surface area contributed by atoms with Crippen molar-refractivity contribution in [1.82, 2.24) is 10.3 Å². The van der Waals surface area contributed by atoms with Crippen molar-refractivity contribution in [3.05, 3.63) is 94.5 Å². The zero-order valence-corrected chi connectivity index (χ0v) is 15.4. The van der Waals surface area contributed by atoms with Gasteiger partial charge < -0.3 is 10.3 Å². The Kier molecular flexibility index (Phi) is 3.43. The average molecular weight is 376 g/mol. The number of H-pyrrole nitrogens is 1. The summed E-state index contributed by atoms with van der Waals surface area (Å²) in [6.07, 6.45) is 19.9. The Morgan fingerprint density at radius 2 is 1.34 bits per heavy atom. The number of hydrogen-bond donors (Lipinski definition) is 2. The second-order valence-corrected chi connectivity index (χ2v) is 7.02. The van der Waals surface area contributed by atoms with Gasteiger partial charge in [-0.05, 0) is 66.8 Å². The van der Waals surface area contributed by atoms with Crippen molar-refractivity contribution in [2.75, 3.05) is 6.54 Å². The largest absolute Gasteiger partial charge is 0.364 e. The molecule has 0 saturated heterocycles. The summed E-state index contributed by atoms with van der Waals surface area (Å²) < 4.78 is 0. The van der Waals surface area contributed by atoms with E-state index >= 15 is 0 Å². The Labute approximate surface area is 167 Å². The summed E-state index contributed by atoms with van der Waals surface area (Å²) in [7, 11) is 0. The molecule has 6 rings (SSSR count). The number of nitrogens with one attached hydrogen (secondary N) is 2. The first-order valence-corrected chi connectivity index (χ1v) is 9.46. The van der Waals surface area contributed by atoms with Crippen molar-refractivity contribution < 1.29 is 0 Å². The predicted octanol–water partition coefficient (Wildman–Crippen LogP) is 3.51. The highest BCUT2D eigenvalue weighted by molar-refractivity contribution is 6.33. The molecule has 6 nitrogen and oxygen atoms in total. The first kappa shape index (κ1) is 15.9. The molecule has 0 amide bonds. The van der Waals surface area contributed by atoms with Gasteiger partial charge in [0.15, 0.2) is 0 Å². The molecule has 0 aliphatic carbocycles. The number of aromatic amines is 1. The quantitative estimate of drug-likeness (QED) is 0.714. The van der Waals surface area contributed by atoms with Gasteiger partial charge in [0.25, 0.3) is 0 Å². The molecule has 0 fully saturated rings. The molecule has 8 bridgehead atoms. The predicted molar refractivity (Wildman–Crippen MR) is 118 cm³/mol. The molecule has 0 radical (unpaired) electrons. The Morgan fingerprint density at radius 3 is 2.03 bits per heavy atom. The van der Waals surface area contributed by atoms with Crippen LogP contribution in [0.3, 0.4) is 0 Å². The molecule has 6 heteroatoms. The van der Waals surface area contributed by atoms with Crippen molar-refractivity contribution in [1.29, 1.82) is 0 Å². The summed E-state index contributed by atoms with van der Waals surface area (Å²) in [6, 6.07) is 4.09. The van der Waals surface area contributed by atoms with Gasteiger partial charge in [0, 0.05) is 17.6 Å². The maximum absolute atomic E-state index is 4.82. The van der Waals surface area contributed by atoms with Crippen LogP contribution in [0.2, 0.25) is 0 Å². The zero-order chi connectivity index (χ0) is 19.2. The molecule has 6 heterocycles. The van der Waals surface area contributed by atoms with E-state index < -0.39 is 0 Å². The summed E-state index contributed by atoms with van der Waals surface area (Å²) >= 11 is 0. The number of aliphatic imine (C=N–C) groups is 4. The standard InChI is InChI=1S/C23H16N6/c1-3-16-12-18-5-7-20(28-18)22(23-24-9-10-25-23)21-8-6-19(29-21)13-17-4-2-15(27-17)11-14(1)26-16/h1-9,11-13,25-26H,10H2. The smallest absolute Gasteiger partial charge is 0.137 e. The summed E-state index contributed by atoms with van der Waals surface area (Å²) in [4.78, 5) is 22.2. The third-order valence-electron chi connectivity index (χ3n) is 4.97. The lowest BCUT2D eigenvalue weighted by molar-refractivity contribution is 0.967. The second kappa shape index (κ2) is 6.24. The van der Waals surface area contributed by atoms with Crippen LogP contribution < -0.4 is 5.32 Å². The molecule has 29 heavy (non-hydrogen) atoms. The Bertz CT molecular complexity index is 1280. The zero-order valence-electron chi connectivity index (χ0n) is 15.4. The summed E-state index contributed by atoms with van der Waals surface area (Å²) in [5.41, 5.74) is 8.12. The fraction of sp³-hybridized carbons (Fsp3) is 0.0435. The first-order valence-electron chi connectivity index (χ1n) is 9.46. The Balaban J connectivity index is 1.56. The van der Waals surface area contributed by atoms with Crippen LogP contribution in [0, 0.1) is 0 Å². The molecule has 0 unspecified atom stereocenters. The second-order valence-electron chi connectivity index (χ2n) is 7.02. The molecule has 138 valence electrons. The van der Waals surface area contributed by atoms with E-state index in [2.05, 4.69) is 20.3 Å². The molecule has 5 aliphatic heterocycles. The highest BCUT2D eigenvalue weighted by Crippen LogP contribution is 2.25. The molecule has 1 aromatic rings. The summed E-state index contributed by atoms with van der Waals surface area (Å²) in [5.74, 6) is 0.797. The van der Waals surface area contributed by atoms with Crippen LogP contribution in [0.5, 0.6) is 0 Å². The molecule has 0 aromatic carbocycles. The van der Waals surface area contributed by atoms with Crippen LogP contribution in [0.15, 0.2) is 103 Å². The van der Waals surface area contributed by atoms with E-state index in [-0.39, 0.29) is 0 Å². The van der Waals surface area contributed by atoms with E-state index in [0.29, 0.717) is 6.54 Å². The van der Waals surface area contributed by atoms with Gasteiger partial charge in [-0.3, -0.25) is 0 Å². The maximum atomic E-state index is 4.82. The highest BCUT2D eigenvalue weighted by atomic mass is 15.1. The third kappa shape index (κ3) is 2.91. The van der Waals surface area contributed by atoms with E-state index in [0.717, 1.165) is 57.0 Å². The lowest BCUT2D eigenvalue weighted by atomic mass is 10.1. The minimum atomic E-state index is 0.709. The van der Waals surface area contributed by atoms with Crippen LogP contribution in [0.25, 0.3) is 12.2 Å². The Morgan fingerprint density at radius 1 is 0.690 bits per heavy atom. The molecule has 1 aromatic heterocycles. The van der Waals surface area contributed by atoms with E-state index in [1.54, 1.807) is 0 Å². The summed E-state index contributed by atoms with van der Waals surface area (Å²) in [6.45, 7) is 0.709. The van der Waals surface area contributed by atoms with Crippen LogP contribution in [0.1, 0.15) is 11.4 Å². The van der Waals surface area contributed by atoms with Gasteiger partial charge >= 0.3 is 0 Å². The topological polar surface area (TPSA) is 77.3 Å². The fourth-order valence-electron chi connectivity index (χ4n) is 3.67. The first-order chi connectivity index (χ1) is 14.3. The number of hydrogen-bond acceptors (Lipinski definition) is 5. The molecule has 0 spiro atoms. The average Bonchev–Trinajstić information content (AvgIpc) is 3.51. The molecule has 0 atom stereocenters.